The highest BCUT2D eigenvalue weighted by atomic mass is 16.2. The predicted molar refractivity (Wildman–Crippen MR) is 83.2 cm³/mol. The van der Waals surface area contributed by atoms with E-state index in [1.165, 1.54) is 0 Å². The van der Waals surface area contributed by atoms with Crippen LogP contribution >= 0.6 is 0 Å². The van der Waals surface area contributed by atoms with Crippen molar-refractivity contribution in [2.45, 2.75) is 19.4 Å². The Morgan fingerprint density at radius 2 is 1.91 bits per heavy atom. The van der Waals surface area contributed by atoms with Gasteiger partial charge in [-0.15, -0.1) is 0 Å². The van der Waals surface area contributed by atoms with Crippen LogP contribution in [-0.4, -0.2) is 34.5 Å². The van der Waals surface area contributed by atoms with Crippen molar-refractivity contribution in [2.24, 2.45) is 0 Å². The molecule has 1 heterocycles. The van der Waals surface area contributed by atoms with Crippen LogP contribution in [0.25, 0.3) is 0 Å². The summed E-state index contributed by atoms with van der Waals surface area (Å²) in [6, 6.07) is 8.95. The zero-order valence-corrected chi connectivity index (χ0v) is 12.4. The highest BCUT2D eigenvalue weighted by Crippen LogP contribution is 1.97. The summed E-state index contributed by atoms with van der Waals surface area (Å²) < 4.78 is 1.96. The zero-order valence-electron chi connectivity index (χ0n) is 12.4. The fourth-order valence-electron chi connectivity index (χ4n) is 1.98. The zero-order chi connectivity index (χ0) is 15.6. The van der Waals surface area contributed by atoms with Gasteiger partial charge in [-0.25, -0.2) is 4.98 Å². The van der Waals surface area contributed by atoms with Gasteiger partial charge in [0.25, 0.3) is 5.91 Å². The Bertz CT molecular complexity index is 581. The van der Waals surface area contributed by atoms with Crippen molar-refractivity contribution in [1.29, 1.82) is 0 Å². The minimum absolute atomic E-state index is 0.0565. The van der Waals surface area contributed by atoms with Crippen LogP contribution in [0.5, 0.6) is 0 Å². The highest BCUT2D eigenvalue weighted by Gasteiger charge is 2.05. The lowest BCUT2D eigenvalue weighted by molar-refractivity contribution is -0.120. The Kier molecular flexibility index (Phi) is 6.17. The molecule has 2 amide bonds. The molecule has 116 valence electrons. The molecular weight excluding hydrogens is 280 g/mol. The van der Waals surface area contributed by atoms with Crippen LogP contribution in [0.15, 0.2) is 49.1 Å². The van der Waals surface area contributed by atoms with Crippen molar-refractivity contribution in [3.05, 3.63) is 54.6 Å². The molecule has 2 aromatic rings. The molecule has 0 radical (unpaired) electrons. The number of benzene rings is 1. The average Bonchev–Trinajstić information content (AvgIpc) is 3.06. The fraction of sp³-hybridized carbons (Fsp3) is 0.312. The summed E-state index contributed by atoms with van der Waals surface area (Å²) in [5, 5.41) is 5.57. The standard InChI is InChI=1S/C16H20N4O2/c21-15(18-8-4-11-20-12-10-17-13-20)7-9-19-16(22)14-5-2-1-3-6-14/h1-3,5-6,10,12-13H,4,7-9,11H2,(H,18,21)(H,19,22). The maximum absolute atomic E-state index is 11.8. The Morgan fingerprint density at radius 1 is 1.09 bits per heavy atom. The molecule has 2 N–H and O–H groups in total. The summed E-state index contributed by atoms with van der Waals surface area (Å²) in [5.74, 6) is -0.215. The summed E-state index contributed by atoms with van der Waals surface area (Å²) >= 11 is 0. The Hall–Kier alpha value is -2.63. The first-order valence-corrected chi connectivity index (χ1v) is 7.31. The van der Waals surface area contributed by atoms with E-state index in [2.05, 4.69) is 15.6 Å². The molecule has 0 spiro atoms. The van der Waals surface area contributed by atoms with Crippen LogP contribution in [0.4, 0.5) is 0 Å². The summed E-state index contributed by atoms with van der Waals surface area (Å²) in [7, 11) is 0. The Balaban J connectivity index is 1.55. The van der Waals surface area contributed by atoms with E-state index in [-0.39, 0.29) is 18.2 Å². The summed E-state index contributed by atoms with van der Waals surface area (Å²) in [6.07, 6.45) is 6.50. The molecule has 0 bridgehead atoms. The molecule has 0 aliphatic carbocycles. The average molecular weight is 300 g/mol. The molecule has 0 aliphatic heterocycles. The maximum Gasteiger partial charge on any atom is 0.251 e. The number of carbonyl (C=O) groups excluding carboxylic acids is 2. The number of aryl methyl sites for hydroxylation is 1. The topological polar surface area (TPSA) is 76.0 Å². The van der Waals surface area contributed by atoms with Crippen molar-refractivity contribution in [1.82, 2.24) is 20.2 Å². The maximum atomic E-state index is 11.8. The van der Waals surface area contributed by atoms with Crippen LogP contribution in [0.3, 0.4) is 0 Å². The molecule has 2 rings (SSSR count). The number of nitrogens with zero attached hydrogens (tertiary/aromatic N) is 2. The van der Waals surface area contributed by atoms with E-state index in [0.717, 1.165) is 13.0 Å². The van der Waals surface area contributed by atoms with E-state index in [9.17, 15) is 9.59 Å². The van der Waals surface area contributed by atoms with Gasteiger partial charge in [0.15, 0.2) is 0 Å². The van der Waals surface area contributed by atoms with Gasteiger partial charge in [0.1, 0.15) is 0 Å². The van der Waals surface area contributed by atoms with Gasteiger partial charge in [0.05, 0.1) is 6.33 Å². The Labute approximate surface area is 129 Å². The predicted octanol–water partition coefficient (Wildman–Crippen LogP) is 1.21. The lowest BCUT2D eigenvalue weighted by Crippen LogP contribution is -2.31. The van der Waals surface area contributed by atoms with E-state index >= 15 is 0 Å². The number of carbonyl (C=O) groups is 2. The van der Waals surface area contributed by atoms with E-state index in [1.54, 1.807) is 24.7 Å². The van der Waals surface area contributed by atoms with Gasteiger partial charge in [-0.3, -0.25) is 9.59 Å². The molecular formula is C16H20N4O2. The third-order valence-corrected chi connectivity index (χ3v) is 3.15. The summed E-state index contributed by atoms with van der Waals surface area (Å²) in [5.41, 5.74) is 0.600. The minimum atomic E-state index is -0.159. The Morgan fingerprint density at radius 3 is 2.64 bits per heavy atom. The van der Waals surface area contributed by atoms with Gasteiger partial charge in [-0.1, -0.05) is 18.2 Å². The molecule has 6 nitrogen and oxygen atoms in total. The minimum Gasteiger partial charge on any atom is -0.356 e. The van der Waals surface area contributed by atoms with Gasteiger partial charge in [0.2, 0.25) is 5.91 Å². The second-order valence-electron chi connectivity index (χ2n) is 4.88. The molecule has 22 heavy (non-hydrogen) atoms. The SMILES string of the molecule is O=C(CCNC(=O)c1ccccc1)NCCCn1ccnc1. The first-order valence-electron chi connectivity index (χ1n) is 7.31. The van der Waals surface area contributed by atoms with Crippen molar-refractivity contribution in [2.75, 3.05) is 13.1 Å². The molecule has 0 aliphatic rings. The van der Waals surface area contributed by atoms with Gasteiger partial charge in [-0.2, -0.15) is 0 Å². The molecule has 0 atom stereocenters. The number of aromatic nitrogens is 2. The van der Waals surface area contributed by atoms with Crippen molar-refractivity contribution in [3.63, 3.8) is 0 Å². The lowest BCUT2D eigenvalue weighted by atomic mass is 10.2. The fourth-order valence-corrected chi connectivity index (χ4v) is 1.98. The third-order valence-electron chi connectivity index (χ3n) is 3.15. The molecule has 6 heteroatoms. The van der Waals surface area contributed by atoms with Crippen molar-refractivity contribution < 1.29 is 9.59 Å². The van der Waals surface area contributed by atoms with Crippen LogP contribution < -0.4 is 10.6 Å². The van der Waals surface area contributed by atoms with E-state index < -0.39 is 0 Å². The molecule has 0 unspecified atom stereocenters. The number of imidazole rings is 1. The van der Waals surface area contributed by atoms with Crippen LogP contribution in [0, 0.1) is 0 Å². The van der Waals surface area contributed by atoms with E-state index in [1.807, 2.05) is 29.0 Å². The third kappa shape index (κ3) is 5.40. The lowest BCUT2D eigenvalue weighted by Gasteiger charge is -2.07. The number of nitrogens with one attached hydrogen (secondary N) is 2. The molecule has 0 fully saturated rings. The number of hydrogen-bond donors (Lipinski definition) is 2. The second kappa shape index (κ2) is 8.61. The van der Waals surface area contributed by atoms with Crippen LogP contribution in [0.1, 0.15) is 23.2 Å². The van der Waals surface area contributed by atoms with Gasteiger partial charge >= 0.3 is 0 Å². The number of hydrogen-bond acceptors (Lipinski definition) is 3. The smallest absolute Gasteiger partial charge is 0.251 e. The van der Waals surface area contributed by atoms with Crippen LogP contribution in [0.2, 0.25) is 0 Å². The molecule has 1 aromatic heterocycles. The highest BCUT2D eigenvalue weighted by molar-refractivity contribution is 5.94. The van der Waals surface area contributed by atoms with Gasteiger partial charge < -0.3 is 15.2 Å². The largest absolute Gasteiger partial charge is 0.356 e. The number of amides is 2. The molecule has 0 saturated heterocycles. The van der Waals surface area contributed by atoms with Crippen LogP contribution in [-0.2, 0) is 11.3 Å². The summed E-state index contributed by atoms with van der Waals surface area (Å²) in [6.45, 7) is 1.77. The second-order valence-corrected chi connectivity index (χ2v) is 4.88. The van der Waals surface area contributed by atoms with Crippen molar-refractivity contribution >= 4 is 11.8 Å². The van der Waals surface area contributed by atoms with E-state index in [4.69, 9.17) is 0 Å². The van der Waals surface area contributed by atoms with E-state index in [0.29, 0.717) is 18.7 Å². The normalized spacial score (nSPS) is 10.2. The molecule has 0 saturated carbocycles. The monoisotopic (exact) mass is 300 g/mol. The first kappa shape index (κ1) is 15.8. The summed E-state index contributed by atoms with van der Waals surface area (Å²) in [4.78, 5) is 27.4. The van der Waals surface area contributed by atoms with Crippen molar-refractivity contribution in [3.8, 4) is 0 Å². The first-order chi connectivity index (χ1) is 10.8. The quantitative estimate of drug-likeness (QED) is 0.720. The van der Waals surface area contributed by atoms with Gasteiger partial charge in [-0.05, 0) is 18.6 Å². The molecule has 1 aromatic carbocycles. The van der Waals surface area contributed by atoms with Gasteiger partial charge in [0, 0.05) is 44.0 Å². The number of rotatable bonds is 8.